The number of amides is 1. The third kappa shape index (κ3) is 3.94. The molecule has 0 bridgehead atoms. The Balaban J connectivity index is 2.07. The van der Waals surface area contributed by atoms with E-state index in [0.29, 0.717) is 10.7 Å². The van der Waals surface area contributed by atoms with Crippen molar-refractivity contribution in [3.63, 3.8) is 0 Å². The number of nitrogens with one attached hydrogen (secondary N) is 3. The zero-order valence-electron chi connectivity index (χ0n) is 13.3. The lowest BCUT2D eigenvalue weighted by Crippen LogP contribution is -2.45. The van der Waals surface area contributed by atoms with E-state index < -0.39 is 0 Å². The van der Waals surface area contributed by atoms with Crippen LogP contribution in [0.25, 0.3) is 22.2 Å². The van der Waals surface area contributed by atoms with E-state index in [1.54, 1.807) is 13.1 Å². The van der Waals surface area contributed by atoms with Gasteiger partial charge in [0.2, 0.25) is 0 Å². The van der Waals surface area contributed by atoms with E-state index in [4.69, 9.17) is 12.2 Å². The molecule has 2 aromatic carbocycles. The number of fused-ring (bicyclic) bond motifs is 1. The lowest BCUT2D eigenvalue weighted by Gasteiger charge is -2.12. The van der Waals surface area contributed by atoms with E-state index in [-0.39, 0.29) is 5.91 Å². The molecule has 0 aliphatic carbocycles. The van der Waals surface area contributed by atoms with E-state index in [0.717, 1.165) is 26.6 Å². The Morgan fingerprint density at radius 3 is 2.64 bits per heavy atom. The monoisotopic (exact) mass is 414 g/mol. The summed E-state index contributed by atoms with van der Waals surface area (Å²) < 4.78 is 0.951. The summed E-state index contributed by atoms with van der Waals surface area (Å²) in [7, 11) is 1.68. The highest BCUT2D eigenvalue weighted by molar-refractivity contribution is 9.10. The summed E-state index contributed by atoms with van der Waals surface area (Å²) in [5, 5.41) is 3.85. The van der Waals surface area contributed by atoms with Crippen molar-refractivity contribution in [2.24, 2.45) is 0 Å². The first-order chi connectivity index (χ1) is 12.1. The molecule has 0 saturated heterocycles. The number of nitrogens with zero attached hydrogens (tertiary/aromatic N) is 1. The Kier molecular flexibility index (Phi) is 5.25. The van der Waals surface area contributed by atoms with Crippen LogP contribution in [0.3, 0.4) is 0 Å². The van der Waals surface area contributed by atoms with Gasteiger partial charge in [-0.25, -0.2) is 4.98 Å². The minimum Gasteiger partial charge on any atom is -0.364 e. The Morgan fingerprint density at radius 1 is 1.08 bits per heavy atom. The fraction of sp³-hybridized carbons (Fsp3) is 0.0556. The number of para-hydroxylation sites is 1. The Bertz CT molecular complexity index is 961. The largest absolute Gasteiger partial charge is 0.364 e. The Hall–Kier alpha value is -2.51. The number of hydrogen-bond acceptors (Lipinski definition) is 3. The summed E-state index contributed by atoms with van der Waals surface area (Å²) in [5.74, 6) is -0.285. The molecule has 3 aromatic rings. The van der Waals surface area contributed by atoms with Crippen LogP contribution in [0.5, 0.6) is 0 Å². The molecule has 5 nitrogen and oxygen atoms in total. The minimum absolute atomic E-state index is 0.285. The number of hydrazine groups is 1. The molecule has 7 heteroatoms. The van der Waals surface area contributed by atoms with E-state index >= 15 is 0 Å². The number of thiocarbonyl (C=S) groups is 1. The highest BCUT2D eigenvalue weighted by atomic mass is 79.9. The summed E-state index contributed by atoms with van der Waals surface area (Å²) >= 11 is 8.45. The maximum Gasteiger partial charge on any atom is 0.270 e. The molecule has 0 radical (unpaired) electrons. The van der Waals surface area contributed by atoms with Gasteiger partial charge in [-0.3, -0.25) is 15.6 Å². The van der Waals surface area contributed by atoms with Gasteiger partial charge < -0.3 is 5.32 Å². The zero-order valence-corrected chi connectivity index (χ0v) is 15.7. The lowest BCUT2D eigenvalue weighted by molar-refractivity contribution is 0.0945. The van der Waals surface area contributed by atoms with Crippen LogP contribution in [-0.4, -0.2) is 23.1 Å². The van der Waals surface area contributed by atoms with Gasteiger partial charge in [-0.05, 0) is 36.5 Å². The van der Waals surface area contributed by atoms with Crippen LogP contribution < -0.4 is 16.2 Å². The van der Waals surface area contributed by atoms with Crippen molar-refractivity contribution in [3.8, 4) is 11.3 Å². The van der Waals surface area contributed by atoms with Crippen LogP contribution in [0, 0.1) is 0 Å². The third-order valence-electron chi connectivity index (χ3n) is 3.60. The van der Waals surface area contributed by atoms with Gasteiger partial charge in [0.15, 0.2) is 5.11 Å². The molecule has 0 fully saturated rings. The molecular formula is C18H15BrN4OS. The molecular weight excluding hydrogens is 400 g/mol. The molecule has 0 spiro atoms. The molecule has 1 amide bonds. The van der Waals surface area contributed by atoms with Gasteiger partial charge in [0.1, 0.15) is 0 Å². The molecule has 3 rings (SSSR count). The average Bonchev–Trinajstić information content (AvgIpc) is 2.64. The molecule has 0 unspecified atom stereocenters. The second-order valence-electron chi connectivity index (χ2n) is 5.24. The predicted octanol–water partition coefficient (Wildman–Crippen LogP) is 3.40. The zero-order chi connectivity index (χ0) is 17.8. The first-order valence-corrected chi connectivity index (χ1v) is 8.72. The molecule has 0 atom stereocenters. The molecule has 1 heterocycles. The molecule has 3 N–H and O–H groups in total. The van der Waals surface area contributed by atoms with Crippen LogP contribution >= 0.6 is 28.1 Å². The van der Waals surface area contributed by atoms with Gasteiger partial charge in [-0.2, -0.15) is 0 Å². The first kappa shape index (κ1) is 17.3. The molecule has 126 valence electrons. The van der Waals surface area contributed by atoms with Gasteiger partial charge in [0, 0.05) is 22.5 Å². The quantitative estimate of drug-likeness (QED) is 0.442. The number of rotatable bonds is 2. The summed E-state index contributed by atoms with van der Waals surface area (Å²) in [5.41, 5.74) is 8.18. The van der Waals surface area contributed by atoms with Crippen molar-refractivity contribution in [2.45, 2.75) is 0 Å². The van der Waals surface area contributed by atoms with Crippen LogP contribution in [-0.2, 0) is 0 Å². The van der Waals surface area contributed by atoms with Gasteiger partial charge >= 0.3 is 0 Å². The predicted molar refractivity (Wildman–Crippen MR) is 107 cm³/mol. The first-order valence-electron chi connectivity index (χ1n) is 7.52. The second kappa shape index (κ2) is 7.58. The highest BCUT2D eigenvalue weighted by Crippen LogP contribution is 2.26. The van der Waals surface area contributed by atoms with Crippen LogP contribution in [0.2, 0.25) is 0 Å². The van der Waals surface area contributed by atoms with Gasteiger partial charge in [-0.15, -0.1) is 0 Å². The average molecular weight is 415 g/mol. The topological polar surface area (TPSA) is 66.0 Å². The number of benzene rings is 2. The summed E-state index contributed by atoms with van der Waals surface area (Å²) in [6, 6.07) is 17.1. The fourth-order valence-corrected chi connectivity index (χ4v) is 2.85. The smallest absolute Gasteiger partial charge is 0.270 e. The number of carbonyl (C=O) groups is 1. The number of pyridine rings is 1. The summed E-state index contributed by atoms with van der Waals surface area (Å²) in [6.07, 6.45) is 0. The molecule has 1 aromatic heterocycles. The van der Waals surface area contributed by atoms with Gasteiger partial charge in [0.05, 0.1) is 16.8 Å². The molecule has 0 saturated carbocycles. The van der Waals surface area contributed by atoms with Gasteiger partial charge in [0.25, 0.3) is 5.91 Å². The fourth-order valence-electron chi connectivity index (χ4n) is 2.40. The number of carbonyl (C=O) groups excluding carboxylic acids is 1. The van der Waals surface area contributed by atoms with Crippen molar-refractivity contribution < 1.29 is 4.79 Å². The van der Waals surface area contributed by atoms with E-state index in [1.807, 2.05) is 48.5 Å². The standard InChI is InChI=1S/C18H15BrN4OS/c1-20-18(25)23-22-17(24)14-10-16(11-5-4-6-12(19)9-11)21-15-8-3-2-7-13(14)15/h2-10H,1H3,(H,22,24)(H2,20,23,25). The van der Waals surface area contributed by atoms with E-state index in [1.165, 1.54) is 0 Å². The maximum atomic E-state index is 12.6. The molecule has 25 heavy (non-hydrogen) atoms. The maximum absolute atomic E-state index is 12.6. The van der Waals surface area contributed by atoms with Crippen molar-refractivity contribution in [2.75, 3.05) is 7.05 Å². The molecule has 0 aliphatic heterocycles. The van der Waals surface area contributed by atoms with Crippen LogP contribution in [0.4, 0.5) is 0 Å². The number of halogens is 1. The second-order valence-corrected chi connectivity index (χ2v) is 6.56. The van der Waals surface area contributed by atoms with Crippen molar-refractivity contribution in [1.29, 1.82) is 0 Å². The lowest BCUT2D eigenvalue weighted by atomic mass is 10.0. The Labute approximate surface area is 158 Å². The Morgan fingerprint density at radius 2 is 1.88 bits per heavy atom. The van der Waals surface area contributed by atoms with Crippen molar-refractivity contribution in [1.82, 2.24) is 21.2 Å². The van der Waals surface area contributed by atoms with Crippen LogP contribution in [0.1, 0.15) is 10.4 Å². The number of aromatic nitrogens is 1. The minimum atomic E-state index is -0.285. The SMILES string of the molecule is CNC(=S)NNC(=O)c1cc(-c2cccc(Br)c2)nc2ccccc12. The summed E-state index contributed by atoms with van der Waals surface area (Å²) in [4.78, 5) is 17.3. The van der Waals surface area contributed by atoms with Crippen LogP contribution in [0.15, 0.2) is 59.1 Å². The van der Waals surface area contributed by atoms with E-state index in [2.05, 4.69) is 37.1 Å². The highest BCUT2D eigenvalue weighted by Gasteiger charge is 2.14. The van der Waals surface area contributed by atoms with Crippen molar-refractivity contribution >= 4 is 50.1 Å². The third-order valence-corrected chi connectivity index (χ3v) is 4.40. The van der Waals surface area contributed by atoms with E-state index in [9.17, 15) is 4.79 Å². The summed E-state index contributed by atoms with van der Waals surface area (Å²) in [6.45, 7) is 0. The molecule has 0 aliphatic rings. The number of hydrogen-bond donors (Lipinski definition) is 3. The van der Waals surface area contributed by atoms with Crippen molar-refractivity contribution in [3.05, 3.63) is 64.6 Å². The van der Waals surface area contributed by atoms with Gasteiger partial charge in [-0.1, -0.05) is 46.3 Å². The normalized spacial score (nSPS) is 10.3.